The summed E-state index contributed by atoms with van der Waals surface area (Å²) in [6, 6.07) is 8.26. The topological polar surface area (TPSA) is 42.1 Å². The van der Waals surface area contributed by atoms with E-state index in [2.05, 4.69) is 17.1 Å². The van der Waals surface area contributed by atoms with Crippen molar-refractivity contribution in [3.8, 4) is 0 Å². The van der Waals surface area contributed by atoms with Crippen molar-refractivity contribution in [3.05, 3.63) is 35.5 Å². The number of rotatable bonds is 1. The van der Waals surface area contributed by atoms with Crippen LogP contribution in [0.15, 0.2) is 24.3 Å². The standard InChI is InChI=1S/C14H15NO2/c1-9(16)17-13-8-4-6-11-10-5-2-3-7-12(10)15-14(11)13/h2-3,5,7,13,15H,4,6,8H2,1H3. The summed E-state index contributed by atoms with van der Waals surface area (Å²) in [6.45, 7) is 1.47. The number of carbonyl (C=O) groups is 1. The second-order valence-electron chi connectivity index (χ2n) is 4.55. The minimum Gasteiger partial charge on any atom is -0.456 e. The van der Waals surface area contributed by atoms with Gasteiger partial charge in [-0.15, -0.1) is 0 Å². The predicted molar refractivity (Wildman–Crippen MR) is 65.7 cm³/mol. The highest BCUT2D eigenvalue weighted by Gasteiger charge is 2.25. The molecule has 1 N–H and O–H groups in total. The van der Waals surface area contributed by atoms with Crippen molar-refractivity contribution in [2.24, 2.45) is 0 Å². The molecule has 3 nitrogen and oxygen atoms in total. The predicted octanol–water partition coefficient (Wildman–Crippen LogP) is 3.11. The molecule has 1 aromatic carbocycles. The fourth-order valence-electron chi connectivity index (χ4n) is 2.69. The summed E-state index contributed by atoms with van der Waals surface area (Å²) >= 11 is 0. The smallest absolute Gasteiger partial charge is 0.303 e. The fraction of sp³-hybridized carbons (Fsp3) is 0.357. The van der Waals surface area contributed by atoms with Gasteiger partial charge in [0.2, 0.25) is 0 Å². The molecule has 3 rings (SSSR count). The summed E-state index contributed by atoms with van der Waals surface area (Å²) in [7, 11) is 0. The number of ether oxygens (including phenoxy) is 1. The van der Waals surface area contributed by atoms with Crippen LogP contribution in [0.4, 0.5) is 0 Å². The average Bonchev–Trinajstić information content (AvgIpc) is 2.68. The molecule has 1 unspecified atom stereocenters. The normalized spacial score (nSPS) is 19.0. The zero-order valence-electron chi connectivity index (χ0n) is 9.82. The number of aryl methyl sites for hydroxylation is 1. The Kier molecular flexibility index (Phi) is 2.39. The average molecular weight is 229 g/mol. The van der Waals surface area contributed by atoms with Gasteiger partial charge in [0.15, 0.2) is 0 Å². The van der Waals surface area contributed by atoms with Crippen LogP contribution in [-0.2, 0) is 16.0 Å². The Morgan fingerprint density at radius 2 is 2.24 bits per heavy atom. The molecular weight excluding hydrogens is 214 g/mol. The van der Waals surface area contributed by atoms with Gasteiger partial charge in [-0.2, -0.15) is 0 Å². The van der Waals surface area contributed by atoms with Gasteiger partial charge in [-0.05, 0) is 30.9 Å². The lowest BCUT2D eigenvalue weighted by Gasteiger charge is -2.22. The Morgan fingerprint density at radius 3 is 3.06 bits per heavy atom. The van der Waals surface area contributed by atoms with Crippen LogP contribution in [0.2, 0.25) is 0 Å². The van der Waals surface area contributed by atoms with Gasteiger partial charge >= 0.3 is 5.97 Å². The molecule has 3 heteroatoms. The first-order valence-corrected chi connectivity index (χ1v) is 6.02. The van der Waals surface area contributed by atoms with Crippen LogP contribution in [-0.4, -0.2) is 11.0 Å². The number of hydrogen-bond donors (Lipinski definition) is 1. The van der Waals surface area contributed by atoms with Gasteiger partial charge in [0.1, 0.15) is 6.10 Å². The zero-order valence-corrected chi connectivity index (χ0v) is 9.82. The molecule has 17 heavy (non-hydrogen) atoms. The molecule has 0 saturated heterocycles. The van der Waals surface area contributed by atoms with E-state index in [1.165, 1.54) is 17.9 Å². The number of esters is 1. The van der Waals surface area contributed by atoms with Crippen LogP contribution in [0.25, 0.3) is 10.9 Å². The molecule has 0 radical (unpaired) electrons. The van der Waals surface area contributed by atoms with Gasteiger partial charge in [0.25, 0.3) is 0 Å². The maximum absolute atomic E-state index is 11.1. The highest BCUT2D eigenvalue weighted by molar-refractivity contribution is 5.85. The molecule has 1 aromatic heterocycles. The minimum absolute atomic E-state index is 0.0938. The van der Waals surface area contributed by atoms with Gasteiger partial charge in [-0.25, -0.2) is 0 Å². The molecule has 1 aliphatic rings. The molecule has 0 bridgehead atoms. The van der Waals surface area contributed by atoms with Crippen LogP contribution in [0.1, 0.15) is 37.1 Å². The Bertz CT molecular complexity index is 571. The van der Waals surface area contributed by atoms with Gasteiger partial charge in [0, 0.05) is 17.8 Å². The van der Waals surface area contributed by atoms with Crippen molar-refractivity contribution >= 4 is 16.9 Å². The molecule has 0 saturated carbocycles. The highest BCUT2D eigenvalue weighted by atomic mass is 16.5. The zero-order chi connectivity index (χ0) is 11.8. The number of para-hydroxylation sites is 1. The van der Waals surface area contributed by atoms with E-state index >= 15 is 0 Å². The highest BCUT2D eigenvalue weighted by Crippen LogP contribution is 2.36. The van der Waals surface area contributed by atoms with Gasteiger partial charge in [-0.1, -0.05) is 18.2 Å². The lowest BCUT2D eigenvalue weighted by Crippen LogP contribution is -2.14. The van der Waals surface area contributed by atoms with E-state index in [1.54, 1.807) is 0 Å². The van der Waals surface area contributed by atoms with E-state index in [0.717, 1.165) is 30.5 Å². The number of aromatic nitrogens is 1. The summed E-state index contributed by atoms with van der Waals surface area (Å²) in [5.74, 6) is -0.207. The van der Waals surface area contributed by atoms with E-state index in [-0.39, 0.29) is 12.1 Å². The second kappa shape index (κ2) is 3.91. The van der Waals surface area contributed by atoms with Gasteiger partial charge < -0.3 is 9.72 Å². The van der Waals surface area contributed by atoms with Gasteiger partial charge in [0.05, 0.1) is 5.69 Å². The lowest BCUT2D eigenvalue weighted by molar-refractivity contribution is -0.147. The van der Waals surface area contributed by atoms with Crippen LogP contribution in [0, 0.1) is 0 Å². The molecule has 0 fully saturated rings. The van der Waals surface area contributed by atoms with Crippen LogP contribution in [0.3, 0.4) is 0 Å². The third-order valence-corrected chi connectivity index (χ3v) is 3.37. The molecule has 0 spiro atoms. The lowest BCUT2D eigenvalue weighted by atomic mass is 9.93. The molecule has 0 amide bonds. The number of benzene rings is 1. The SMILES string of the molecule is CC(=O)OC1CCCc2c1[nH]c1ccccc21. The van der Waals surface area contributed by atoms with E-state index in [4.69, 9.17) is 4.74 Å². The molecule has 1 aliphatic carbocycles. The molecule has 1 atom stereocenters. The van der Waals surface area contributed by atoms with Gasteiger partial charge in [-0.3, -0.25) is 4.79 Å². The first-order valence-electron chi connectivity index (χ1n) is 6.02. The first-order chi connectivity index (χ1) is 8.25. The second-order valence-corrected chi connectivity index (χ2v) is 4.55. The minimum atomic E-state index is -0.207. The molecule has 2 aromatic rings. The number of hydrogen-bond acceptors (Lipinski definition) is 2. The Balaban J connectivity index is 2.10. The maximum atomic E-state index is 11.1. The van der Waals surface area contributed by atoms with E-state index < -0.39 is 0 Å². The van der Waals surface area contributed by atoms with Crippen molar-refractivity contribution in [3.63, 3.8) is 0 Å². The Labute approximate surface area is 99.8 Å². The van der Waals surface area contributed by atoms with Crippen molar-refractivity contribution in [1.29, 1.82) is 0 Å². The quantitative estimate of drug-likeness (QED) is 0.763. The van der Waals surface area contributed by atoms with Crippen molar-refractivity contribution in [2.45, 2.75) is 32.3 Å². The van der Waals surface area contributed by atoms with Crippen LogP contribution in [0.5, 0.6) is 0 Å². The molecule has 88 valence electrons. The molecule has 1 heterocycles. The maximum Gasteiger partial charge on any atom is 0.303 e. The number of fused-ring (bicyclic) bond motifs is 3. The summed E-state index contributed by atoms with van der Waals surface area (Å²) in [4.78, 5) is 14.5. The van der Waals surface area contributed by atoms with Crippen molar-refractivity contribution in [1.82, 2.24) is 4.98 Å². The van der Waals surface area contributed by atoms with E-state index in [0.29, 0.717) is 0 Å². The van der Waals surface area contributed by atoms with Crippen LogP contribution < -0.4 is 0 Å². The number of H-pyrrole nitrogens is 1. The molecular formula is C14H15NO2. The van der Waals surface area contributed by atoms with Crippen molar-refractivity contribution < 1.29 is 9.53 Å². The Hall–Kier alpha value is -1.77. The number of nitrogens with one attached hydrogen (secondary N) is 1. The summed E-state index contributed by atoms with van der Waals surface area (Å²) < 4.78 is 5.38. The third-order valence-electron chi connectivity index (χ3n) is 3.37. The summed E-state index contributed by atoms with van der Waals surface area (Å²) in [6.07, 6.45) is 2.96. The monoisotopic (exact) mass is 229 g/mol. The molecule has 0 aliphatic heterocycles. The van der Waals surface area contributed by atoms with E-state index in [9.17, 15) is 4.79 Å². The third kappa shape index (κ3) is 1.71. The van der Waals surface area contributed by atoms with E-state index in [1.807, 2.05) is 12.1 Å². The largest absolute Gasteiger partial charge is 0.456 e. The van der Waals surface area contributed by atoms with Crippen molar-refractivity contribution in [2.75, 3.05) is 0 Å². The summed E-state index contributed by atoms with van der Waals surface area (Å²) in [5.41, 5.74) is 3.54. The van der Waals surface area contributed by atoms with Crippen LogP contribution >= 0.6 is 0 Å². The Morgan fingerprint density at radius 1 is 1.41 bits per heavy atom. The first kappa shape index (κ1) is 10.4. The number of carbonyl (C=O) groups excluding carboxylic acids is 1. The summed E-state index contributed by atoms with van der Waals surface area (Å²) in [5, 5.41) is 1.26. The number of aromatic amines is 1. The fourth-order valence-corrected chi connectivity index (χ4v) is 2.69.